The van der Waals surface area contributed by atoms with Crippen molar-refractivity contribution in [2.24, 2.45) is 13.0 Å². The molecule has 1 aromatic rings. The quantitative estimate of drug-likeness (QED) is 0.780. The topological polar surface area (TPSA) is 75.4 Å². The predicted octanol–water partition coefficient (Wildman–Crippen LogP) is -0.0332. The van der Waals surface area contributed by atoms with Crippen LogP contribution in [0.5, 0.6) is 0 Å². The van der Waals surface area contributed by atoms with Gasteiger partial charge in [-0.1, -0.05) is 0 Å². The standard InChI is InChI=1S/C10H13N3O3/c1-12-8(2-3-11-12)10(16)13-5-7(6-13)4-9(14)15/h2-3,7H,4-6H2,1H3,(H,14,15). The molecular weight excluding hydrogens is 210 g/mol. The Hall–Kier alpha value is -1.85. The summed E-state index contributed by atoms with van der Waals surface area (Å²) in [6.07, 6.45) is 1.71. The summed E-state index contributed by atoms with van der Waals surface area (Å²) < 4.78 is 1.52. The van der Waals surface area contributed by atoms with Gasteiger partial charge in [0.05, 0.1) is 6.42 Å². The molecule has 0 bridgehead atoms. The van der Waals surface area contributed by atoms with Crippen molar-refractivity contribution in [3.8, 4) is 0 Å². The second-order valence-electron chi connectivity index (χ2n) is 4.01. The number of aryl methyl sites for hydroxylation is 1. The van der Waals surface area contributed by atoms with Gasteiger partial charge in [0, 0.05) is 32.3 Å². The lowest BCUT2D eigenvalue weighted by Crippen LogP contribution is -2.51. The average Bonchev–Trinajstić information content (AvgIpc) is 2.56. The van der Waals surface area contributed by atoms with Gasteiger partial charge in [0.25, 0.3) is 5.91 Å². The molecule has 1 aromatic heterocycles. The van der Waals surface area contributed by atoms with E-state index in [9.17, 15) is 9.59 Å². The third-order valence-corrected chi connectivity index (χ3v) is 2.75. The molecular formula is C10H13N3O3. The molecule has 1 fully saturated rings. The highest BCUT2D eigenvalue weighted by Gasteiger charge is 2.33. The van der Waals surface area contributed by atoms with Crippen LogP contribution in [0.25, 0.3) is 0 Å². The Morgan fingerprint density at radius 3 is 2.75 bits per heavy atom. The average molecular weight is 223 g/mol. The molecule has 0 radical (unpaired) electrons. The van der Waals surface area contributed by atoms with Crippen molar-refractivity contribution >= 4 is 11.9 Å². The highest BCUT2D eigenvalue weighted by atomic mass is 16.4. The summed E-state index contributed by atoms with van der Waals surface area (Å²) in [5, 5.41) is 12.5. The number of carboxylic acid groups (broad SMARTS) is 1. The largest absolute Gasteiger partial charge is 0.481 e. The van der Waals surface area contributed by atoms with Crippen LogP contribution >= 0.6 is 0 Å². The Bertz CT molecular complexity index is 421. The summed E-state index contributed by atoms with van der Waals surface area (Å²) in [4.78, 5) is 23.9. The number of carbonyl (C=O) groups is 2. The van der Waals surface area contributed by atoms with E-state index in [0.29, 0.717) is 18.8 Å². The van der Waals surface area contributed by atoms with Gasteiger partial charge >= 0.3 is 5.97 Å². The molecule has 0 atom stereocenters. The fourth-order valence-electron chi connectivity index (χ4n) is 1.86. The summed E-state index contributed by atoms with van der Waals surface area (Å²) in [6.45, 7) is 1.05. The monoisotopic (exact) mass is 223 g/mol. The SMILES string of the molecule is Cn1nccc1C(=O)N1CC(CC(=O)O)C1. The number of aromatic nitrogens is 2. The number of likely N-dealkylation sites (tertiary alicyclic amines) is 1. The van der Waals surface area contributed by atoms with Gasteiger partial charge in [0.1, 0.15) is 5.69 Å². The third-order valence-electron chi connectivity index (χ3n) is 2.75. The Morgan fingerprint density at radius 1 is 1.56 bits per heavy atom. The maximum absolute atomic E-state index is 11.9. The maximum atomic E-state index is 11.9. The molecule has 1 aliphatic rings. The summed E-state index contributed by atoms with van der Waals surface area (Å²) in [5.74, 6) is -0.797. The molecule has 1 amide bonds. The lowest BCUT2D eigenvalue weighted by Gasteiger charge is -2.38. The number of rotatable bonds is 3. The predicted molar refractivity (Wildman–Crippen MR) is 54.9 cm³/mol. The molecule has 1 aliphatic heterocycles. The lowest BCUT2D eigenvalue weighted by molar-refractivity contribution is -0.139. The number of amides is 1. The van der Waals surface area contributed by atoms with Crippen LogP contribution in [-0.2, 0) is 11.8 Å². The van der Waals surface area contributed by atoms with E-state index in [1.54, 1.807) is 24.2 Å². The van der Waals surface area contributed by atoms with Gasteiger partial charge in [0.2, 0.25) is 0 Å². The number of aliphatic carboxylic acids is 1. The molecule has 1 saturated heterocycles. The van der Waals surface area contributed by atoms with Gasteiger partial charge in [-0.05, 0) is 6.07 Å². The van der Waals surface area contributed by atoms with Crippen molar-refractivity contribution in [3.63, 3.8) is 0 Å². The Balaban J connectivity index is 1.91. The van der Waals surface area contributed by atoms with Crippen LogP contribution in [0.15, 0.2) is 12.3 Å². The lowest BCUT2D eigenvalue weighted by atomic mass is 9.96. The first kappa shape index (κ1) is 10.7. The molecule has 0 aliphatic carbocycles. The minimum absolute atomic E-state index is 0.0818. The zero-order valence-electron chi connectivity index (χ0n) is 8.96. The molecule has 16 heavy (non-hydrogen) atoms. The normalized spacial score (nSPS) is 15.9. The molecule has 6 nitrogen and oxygen atoms in total. The van der Waals surface area contributed by atoms with Gasteiger partial charge in [-0.15, -0.1) is 0 Å². The van der Waals surface area contributed by atoms with E-state index in [-0.39, 0.29) is 18.2 Å². The van der Waals surface area contributed by atoms with Crippen LogP contribution in [0, 0.1) is 5.92 Å². The molecule has 6 heteroatoms. The molecule has 86 valence electrons. The fraction of sp³-hybridized carbons (Fsp3) is 0.500. The van der Waals surface area contributed by atoms with Gasteiger partial charge < -0.3 is 10.0 Å². The Labute approximate surface area is 92.5 Å². The van der Waals surface area contributed by atoms with E-state index in [2.05, 4.69) is 5.10 Å². The van der Waals surface area contributed by atoms with Crippen molar-refractivity contribution < 1.29 is 14.7 Å². The number of carbonyl (C=O) groups excluding carboxylic acids is 1. The van der Waals surface area contributed by atoms with Crippen LogP contribution in [0.3, 0.4) is 0 Å². The van der Waals surface area contributed by atoms with Gasteiger partial charge in [-0.25, -0.2) is 0 Å². The highest BCUT2D eigenvalue weighted by molar-refractivity contribution is 5.93. The van der Waals surface area contributed by atoms with Crippen LogP contribution < -0.4 is 0 Å². The van der Waals surface area contributed by atoms with E-state index in [1.165, 1.54) is 4.68 Å². The van der Waals surface area contributed by atoms with Crippen LogP contribution in [0.1, 0.15) is 16.9 Å². The van der Waals surface area contributed by atoms with E-state index < -0.39 is 5.97 Å². The van der Waals surface area contributed by atoms with E-state index in [4.69, 9.17) is 5.11 Å². The van der Waals surface area contributed by atoms with Gasteiger partial charge in [-0.3, -0.25) is 14.3 Å². The van der Waals surface area contributed by atoms with Gasteiger partial charge in [-0.2, -0.15) is 5.10 Å². The summed E-state index contributed by atoms with van der Waals surface area (Å²) in [5.41, 5.74) is 0.536. The molecule has 2 heterocycles. The zero-order chi connectivity index (χ0) is 11.7. The first-order chi connectivity index (χ1) is 7.58. The third kappa shape index (κ3) is 1.91. The molecule has 0 unspecified atom stereocenters. The maximum Gasteiger partial charge on any atom is 0.303 e. The molecule has 0 saturated carbocycles. The van der Waals surface area contributed by atoms with Crippen molar-refractivity contribution in [3.05, 3.63) is 18.0 Å². The minimum atomic E-state index is -0.808. The number of hydrogen-bond donors (Lipinski definition) is 1. The van der Waals surface area contributed by atoms with Crippen molar-refractivity contribution in [2.45, 2.75) is 6.42 Å². The van der Waals surface area contributed by atoms with Gasteiger partial charge in [0.15, 0.2) is 0 Å². The minimum Gasteiger partial charge on any atom is -0.481 e. The smallest absolute Gasteiger partial charge is 0.303 e. The van der Waals surface area contributed by atoms with E-state index in [1.807, 2.05) is 0 Å². The fourth-order valence-corrected chi connectivity index (χ4v) is 1.86. The summed E-state index contributed by atoms with van der Waals surface area (Å²) in [7, 11) is 1.71. The second-order valence-corrected chi connectivity index (χ2v) is 4.01. The van der Waals surface area contributed by atoms with Crippen molar-refractivity contribution in [1.29, 1.82) is 0 Å². The first-order valence-corrected chi connectivity index (χ1v) is 5.07. The second kappa shape index (κ2) is 3.96. The van der Waals surface area contributed by atoms with Crippen LogP contribution in [-0.4, -0.2) is 44.8 Å². The van der Waals surface area contributed by atoms with Crippen LogP contribution in [0.2, 0.25) is 0 Å². The zero-order valence-corrected chi connectivity index (χ0v) is 8.96. The van der Waals surface area contributed by atoms with Crippen LogP contribution in [0.4, 0.5) is 0 Å². The molecule has 0 spiro atoms. The first-order valence-electron chi connectivity index (χ1n) is 5.07. The molecule has 0 aromatic carbocycles. The highest BCUT2D eigenvalue weighted by Crippen LogP contribution is 2.21. The Morgan fingerprint density at radius 2 is 2.25 bits per heavy atom. The molecule has 2 rings (SSSR count). The number of hydrogen-bond acceptors (Lipinski definition) is 3. The summed E-state index contributed by atoms with van der Waals surface area (Å²) >= 11 is 0. The number of nitrogens with zero attached hydrogens (tertiary/aromatic N) is 3. The summed E-state index contributed by atoms with van der Waals surface area (Å²) in [6, 6.07) is 1.66. The van der Waals surface area contributed by atoms with Crippen molar-refractivity contribution in [2.75, 3.05) is 13.1 Å². The number of carboxylic acids is 1. The van der Waals surface area contributed by atoms with E-state index in [0.717, 1.165) is 0 Å². The van der Waals surface area contributed by atoms with Crippen molar-refractivity contribution in [1.82, 2.24) is 14.7 Å². The molecule has 1 N–H and O–H groups in total. The van der Waals surface area contributed by atoms with E-state index >= 15 is 0 Å². The Kier molecular flexibility index (Phi) is 2.64.